The first-order chi connectivity index (χ1) is 23.8. The van der Waals surface area contributed by atoms with Crippen LogP contribution in [0.4, 0.5) is 28.4 Å². The highest BCUT2D eigenvalue weighted by atomic mass is 35.5. The molecule has 0 bridgehead atoms. The highest BCUT2D eigenvalue weighted by molar-refractivity contribution is 6.56. The van der Waals surface area contributed by atoms with Crippen molar-refractivity contribution < 1.29 is 9.59 Å². The molecule has 0 fully saturated rings. The van der Waals surface area contributed by atoms with Crippen molar-refractivity contribution in [2.45, 2.75) is 0 Å². The largest absolute Gasteiger partial charge is 0.355 e. The first-order valence-electron chi connectivity index (χ1n) is 15.4. The molecule has 1 aliphatic rings. The first-order valence-corrected chi connectivity index (χ1v) is 16.9. The van der Waals surface area contributed by atoms with E-state index in [4.69, 9.17) is 46.4 Å². The van der Waals surface area contributed by atoms with E-state index in [1.54, 1.807) is 36.4 Å². The molecular formula is C40H21Cl4N3O2. The van der Waals surface area contributed by atoms with E-state index < -0.39 is 11.8 Å². The van der Waals surface area contributed by atoms with Crippen molar-refractivity contribution in [1.82, 2.24) is 0 Å². The standard InChI is InChI=1S/C40H21Cl4N3O2/c41-25-16-23-31-24(40(49)47(39(23)48)22-14-8-3-9-15-22)17-26(42)33-35-28(44)19-30(46-21-12-6-2-7-13-21)36-29(45-20-10-4-1-5-11-20)18-27(43)34(38(35)36)32(25)37(31)33/h1-19,45-46H. The molecule has 1 aliphatic heterocycles. The van der Waals surface area contributed by atoms with E-state index in [-0.39, 0.29) is 11.1 Å². The number of rotatable bonds is 5. The van der Waals surface area contributed by atoms with Gasteiger partial charge in [0.05, 0.1) is 38.2 Å². The van der Waals surface area contributed by atoms with Crippen molar-refractivity contribution in [3.05, 3.63) is 146 Å². The number of fused-ring (bicyclic) bond motifs is 2. The van der Waals surface area contributed by atoms with Crippen molar-refractivity contribution in [3.63, 3.8) is 0 Å². The molecule has 0 aromatic heterocycles. The Balaban J connectivity index is 1.44. The molecule has 0 saturated heterocycles. The zero-order chi connectivity index (χ0) is 33.6. The molecule has 236 valence electrons. The lowest BCUT2D eigenvalue weighted by atomic mass is 9.84. The van der Waals surface area contributed by atoms with Gasteiger partial charge in [-0.25, -0.2) is 4.90 Å². The molecule has 5 nitrogen and oxygen atoms in total. The van der Waals surface area contributed by atoms with Crippen LogP contribution in [0.25, 0.3) is 43.1 Å². The predicted molar refractivity (Wildman–Crippen MR) is 205 cm³/mol. The van der Waals surface area contributed by atoms with E-state index in [0.29, 0.717) is 58.1 Å². The molecule has 8 aromatic rings. The Kier molecular flexibility index (Phi) is 6.91. The van der Waals surface area contributed by atoms with Crippen molar-refractivity contribution in [2.24, 2.45) is 0 Å². The molecule has 2 amide bonds. The van der Waals surface area contributed by atoms with Crippen LogP contribution in [0.3, 0.4) is 0 Å². The lowest BCUT2D eigenvalue weighted by Crippen LogP contribution is -2.40. The highest BCUT2D eigenvalue weighted by Crippen LogP contribution is 2.55. The normalized spacial score (nSPS) is 12.9. The fourth-order valence-electron chi connectivity index (χ4n) is 7.15. The minimum atomic E-state index is -0.483. The van der Waals surface area contributed by atoms with Gasteiger partial charge < -0.3 is 10.6 Å². The van der Waals surface area contributed by atoms with Crippen LogP contribution in [0.1, 0.15) is 20.7 Å². The summed E-state index contributed by atoms with van der Waals surface area (Å²) in [5.74, 6) is -0.966. The van der Waals surface area contributed by atoms with E-state index in [2.05, 4.69) is 10.6 Å². The lowest BCUT2D eigenvalue weighted by molar-refractivity contribution is 0.0893. The van der Waals surface area contributed by atoms with E-state index in [0.717, 1.165) is 38.4 Å². The van der Waals surface area contributed by atoms with Gasteiger partial charge in [-0.05, 0) is 60.7 Å². The van der Waals surface area contributed by atoms with Gasteiger partial charge >= 0.3 is 0 Å². The Hall–Kier alpha value is -5.04. The monoisotopic (exact) mass is 715 g/mol. The number of carbonyl (C=O) groups excluding carboxylic acids is 2. The van der Waals surface area contributed by atoms with E-state index in [9.17, 15) is 9.59 Å². The summed E-state index contributed by atoms with van der Waals surface area (Å²) >= 11 is 28.9. The average Bonchev–Trinajstić information content (AvgIpc) is 3.10. The van der Waals surface area contributed by atoms with Crippen LogP contribution >= 0.6 is 46.4 Å². The Labute approximate surface area is 299 Å². The summed E-state index contributed by atoms with van der Waals surface area (Å²) in [5.41, 5.74) is 4.21. The molecule has 9 heteroatoms. The number of amides is 2. The van der Waals surface area contributed by atoms with Crippen molar-refractivity contribution in [3.8, 4) is 0 Å². The van der Waals surface area contributed by atoms with Gasteiger partial charge in [-0.15, -0.1) is 0 Å². The predicted octanol–water partition coefficient (Wildman–Crippen LogP) is 12.6. The van der Waals surface area contributed by atoms with Gasteiger partial charge in [0.15, 0.2) is 0 Å². The topological polar surface area (TPSA) is 61.4 Å². The fourth-order valence-corrected chi connectivity index (χ4v) is 8.34. The van der Waals surface area contributed by atoms with Gasteiger partial charge in [0.25, 0.3) is 11.8 Å². The SMILES string of the molecule is O=C1c2cc(Cl)c3c4c(Cl)cc(Nc5ccccc5)c5c(Nc6ccccc6)cc(Cl)c(c6c(Cl)cc(c2c36)C(=O)N1c1ccccc1)c54. The van der Waals surface area contributed by atoms with Crippen LogP contribution in [-0.2, 0) is 0 Å². The zero-order valence-corrected chi connectivity index (χ0v) is 28.3. The van der Waals surface area contributed by atoms with Crippen molar-refractivity contribution in [2.75, 3.05) is 15.5 Å². The maximum Gasteiger partial charge on any atom is 0.266 e. The molecule has 0 radical (unpaired) electrons. The minimum absolute atomic E-state index is 0.289. The zero-order valence-electron chi connectivity index (χ0n) is 25.2. The second-order valence-corrected chi connectivity index (χ2v) is 13.5. The Morgan fingerprint density at radius 2 is 0.776 bits per heavy atom. The number of hydrogen-bond donors (Lipinski definition) is 2. The number of carbonyl (C=O) groups is 2. The van der Waals surface area contributed by atoms with Crippen molar-refractivity contribution in [1.29, 1.82) is 0 Å². The Morgan fingerprint density at radius 1 is 0.408 bits per heavy atom. The summed E-state index contributed by atoms with van der Waals surface area (Å²) in [4.78, 5) is 29.4. The number of para-hydroxylation sites is 3. The Bertz CT molecular complexity index is 2530. The molecule has 0 spiro atoms. The number of nitrogens with zero attached hydrogens (tertiary/aromatic N) is 1. The average molecular weight is 717 g/mol. The molecule has 9 rings (SSSR count). The molecule has 0 saturated carbocycles. The molecule has 8 aromatic carbocycles. The second-order valence-electron chi connectivity index (χ2n) is 11.9. The van der Waals surface area contributed by atoms with Gasteiger partial charge in [0.1, 0.15) is 0 Å². The number of halogens is 4. The fraction of sp³-hybridized carbons (Fsp3) is 0. The van der Waals surface area contributed by atoms with Crippen LogP contribution in [0, 0.1) is 0 Å². The number of imide groups is 1. The number of nitrogens with one attached hydrogen (secondary N) is 2. The minimum Gasteiger partial charge on any atom is -0.355 e. The summed E-state index contributed by atoms with van der Waals surface area (Å²) in [6.45, 7) is 0. The van der Waals surface area contributed by atoms with E-state index in [1.165, 1.54) is 0 Å². The van der Waals surface area contributed by atoms with Gasteiger partial charge in [-0.1, -0.05) is 101 Å². The third kappa shape index (κ3) is 4.47. The summed E-state index contributed by atoms with van der Waals surface area (Å²) < 4.78 is 0. The number of anilines is 5. The highest BCUT2D eigenvalue weighted by Gasteiger charge is 2.37. The van der Waals surface area contributed by atoms with Crippen LogP contribution in [-0.4, -0.2) is 11.8 Å². The maximum atomic E-state index is 14.1. The van der Waals surface area contributed by atoms with Crippen LogP contribution in [0.15, 0.2) is 115 Å². The third-order valence-electron chi connectivity index (χ3n) is 9.10. The summed E-state index contributed by atoms with van der Waals surface area (Å²) in [5, 5.41) is 13.5. The van der Waals surface area contributed by atoms with Crippen LogP contribution in [0.5, 0.6) is 0 Å². The second kappa shape index (κ2) is 11.3. The molecular weight excluding hydrogens is 696 g/mol. The Morgan fingerprint density at radius 3 is 1.20 bits per heavy atom. The molecule has 2 N–H and O–H groups in total. The van der Waals surface area contributed by atoms with Gasteiger partial charge in [-0.2, -0.15) is 0 Å². The third-order valence-corrected chi connectivity index (χ3v) is 10.3. The van der Waals surface area contributed by atoms with E-state index in [1.807, 2.05) is 78.9 Å². The number of benzene rings is 8. The summed E-state index contributed by atoms with van der Waals surface area (Å²) in [6, 6.07) is 35.4. The van der Waals surface area contributed by atoms with Gasteiger partial charge in [-0.3, -0.25) is 9.59 Å². The first kappa shape index (κ1) is 30.1. The summed E-state index contributed by atoms with van der Waals surface area (Å²) in [6.07, 6.45) is 0. The molecule has 0 aliphatic carbocycles. The van der Waals surface area contributed by atoms with Gasteiger partial charge in [0, 0.05) is 64.5 Å². The van der Waals surface area contributed by atoms with Crippen LogP contribution in [0.2, 0.25) is 20.1 Å². The molecule has 0 unspecified atom stereocenters. The van der Waals surface area contributed by atoms with Crippen LogP contribution < -0.4 is 15.5 Å². The van der Waals surface area contributed by atoms with Gasteiger partial charge in [0.2, 0.25) is 0 Å². The quantitative estimate of drug-likeness (QED) is 0.106. The van der Waals surface area contributed by atoms with Crippen molar-refractivity contribution >= 4 is 130 Å². The summed E-state index contributed by atoms with van der Waals surface area (Å²) in [7, 11) is 0. The van der Waals surface area contributed by atoms with E-state index >= 15 is 0 Å². The molecule has 1 heterocycles. The lowest BCUT2D eigenvalue weighted by Gasteiger charge is -2.30. The maximum absolute atomic E-state index is 14.1. The smallest absolute Gasteiger partial charge is 0.266 e. The molecule has 49 heavy (non-hydrogen) atoms. The molecule has 0 atom stereocenters. The number of hydrogen-bond acceptors (Lipinski definition) is 4.